The summed E-state index contributed by atoms with van der Waals surface area (Å²) in [5, 5.41) is 3.16. The van der Waals surface area contributed by atoms with Gasteiger partial charge in [0.15, 0.2) is 0 Å². The van der Waals surface area contributed by atoms with Crippen LogP contribution in [0.4, 0.5) is 5.69 Å². The maximum absolute atomic E-state index is 12.1. The Morgan fingerprint density at radius 1 is 1.30 bits per heavy atom. The standard InChI is InChI=1S/C16H25ClN2O3S/c1-11(2)10-18-15(20)6-7-19(23(5,21)22)16-13(4)8-12(3)9-14(16)17/h8-9,11H,6-7,10H2,1-5H3,(H,18,20). The second-order valence-corrected chi connectivity index (χ2v) is 8.51. The van der Waals surface area contributed by atoms with Crippen LogP contribution in [0.5, 0.6) is 0 Å². The van der Waals surface area contributed by atoms with E-state index in [0.717, 1.165) is 17.4 Å². The van der Waals surface area contributed by atoms with Crippen molar-refractivity contribution in [2.24, 2.45) is 5.92 Å². The first kappa shape index (κ1) is 19.8. The van der Waals surface area contributed by atoms with Gasteiger partial charge in [0.05, 0.1) is 17.0 Å². The molecule has 0 aliphatic heterocycles. The highest BCUT2D eigenvalue weighted by Gasteiger charge is 2.23. The van der Waals surface area contributed by atoms with Gasteiger partial charge in [0.2, 0.25) is 15.9 Å². The van der Waals surface area contributed by atoms with Crippen LogP contribution in [0.2, 0.25) is 5.02 Å². The van der Waals surface area contributed by atoms with Gasteiger partial charge >= 0.3 is 0 Å². The number of nitrogens with one attached hydrogen (secondary N) is 1. The number of halogens is 1. The van der Waals surface area contributed by atoms with E-state index in [1.54, 1.807) is 6.07 Å². The van der Waals surface area contributed by atoms with Crippen LogP contribution in [-0.2, 0) is 14.8 Å². The predicted octanol–water partition coefficient (Wildman–Crippen LogP) is 2.89. The van der Waals surface area contributed by atoms with Gasteiger partial charge in [-0.1, -0.05) is 31.5 Å². The van der Waals surface area contributed by atoms with E-state index in [2.05, 4.69) is 5.32 Å². The summed E-state index contributed by atoms with van der Waals surface area (Å²) < 4.78 is 25.5. The maximum atomic E-state index is 12.1. The van der Waals surface area contributed by atoms with Crippen molar-refractivity contribution in [3.05, 3.63) is 28.3 Å². The van der Waals surface area contributed by atoms with E-state index >= 15 is 0 Å². The van der Waals surface area contributed by atoms with E-state index in [1.165, 1.54) is 4.31 Å². The highest BCUT2D eigenvalue weighted by Crippen LogP contribution is 2.32. The minimum atomic E-state index is -3.53. The Hall–Kier alpha value is -1.27. The zero-order valence-electron chi connectivity index (χ0n) is 14.3. The Kier molecular flexibility index (Phi) is 6.89. The summed E-state index contributed by atoms with van der Waals surface area (Å²) in [5.41, 5.74) is 2.17. The van der Waals surface area contributed by atoms with Gasteiger partial charge in [-0.3, -0.25) is 9.10 Å². The molecular weight excluding hydrogens is 336 g/mol. The van der Waals surface area contributed by atoms with Gasteiger partial charge in [0, 0.05) is 19.5 Å². The largest absolute Gasteiger partial charge is 0.356 e. The van der Waals surface area contributed by atoms with E-state index in [0.29, 0.717) is 23.2 Å². The lowest BCUT2D eigenvalue weighted by Gasteiger charge is -2.25. The van der Waals surface area contributed by atoms with Crippen LogP contribution in [0.15, 0.2) is 12.1 Å². The number of anilines is 1. The third kappa shape index (κ3) is 6.03. The molecule has 1 N–H and O–H groups in total. The molecule has 0 saturated carbocycles. The molecule has 0 heterocycles. The monoisotopic (exact) mass is 360 g/mol. The third-order valence-electron chi connectivity index (χ3n) is 3.30. The number of hydrogen-bond donors (Lipinski definition) is 1. The molecule has 0 saturated heterocycles. The van der Waals surface area contributed by atoms with Gasteiger partial charge < -0.3 is 5.32 Å². The zero-order chi connectivity index (χ0) is 17.8. The first-order valence-electron chi connectivity index (χ1n) is 7.53. The summed E-state index contributed by atoms with van der Waals surface area (Å²) in [5.74, 6) is 0.173. The van der Waals surface area contributed by atoms with Crippen LogP contribution in [-0.4, -0.2) is 33.7 Å². The fourth-order valence-corrected chi connectivity index (χ4v) is 3.75. The topological polar surface area (TPSA) is 66.5 Å². The van der Waals surface area contributed by atoms with Crippen molar-refractivity contribution in [3.8, 4) is 0 Å². The summed E-state index contributed by atoms with van der Waals surface area (Å²) in [7, 11) is -3.53. The lowest BCUT2D eigenvalue weighted by molar-refractivity contribution is -0.121. The molecular formula is C16H25ClN2O3S. The molecule has 0 fully saturated rings. The number of hydrogen-bond acceptors (Lipinski definition) is 3. The van der Waals surface area contributed by atoms with E-state index < -0.39 is 10.0 Å². The first-order valence-corrected chi connectivity index (χ1v) is 9.76. The van der Waals surface area contributed by atoms with Crippen LogP contribution < -0.4 is 9.62 Å². The Morgan fingerprint density at radius 2 is 1.91 bits per heavy atom. The van der Waals surface area contributed by atoms with Crippen molar-refractivity contribution in [1.82, 2.24) is 5.32 Å². The number of rotatable bonds is 7. The quantitative estimate of drug-likeness (QED) is 0.813. The molecule has 1 aromatic carbocycles. The molecule has 1 amide bonds. The van der Waals surface area contributed by atoms with E-state index in [1.807, 2.05) is 33.8 Å². The molecule has 0 aliphatic rings. The summed E-state index contributed by atoms with van der Waals surface area (Å²) in [6.45, 7) is 8.34. The predicted molar refractivity (Wildman–Crippen MR) is 95.6 cm³/mol. The summed E-state index contributed by atoms with van der Waals surface area (Å²) >= 11 is 6.25. The molecule has 23 heavy (non-hydrogen) atoms. The molecule has 0 aromatic heterocycles. The second kappa shape index (κ2) is 8.02. The molecule has 1 rings (SSSR count). The van der Waals surface area contributed by atoms with Crippen LogP contribution in [0.1, 0.15) is 31.4 Å². The van der Waals surface area contributed by atoms with Crippen molar-refractivity contribution in [2.45, 2.75) is 34.1 Å². The summed E-state index contributed by atoms with van der Waals surface area (Å²) in [6, 6.07) is 3.60. The molecule has 0 atom stereocenters. The van der Waals surface area contributed by atoms with E-state index in [4.69, 9.17) is 11.6 Å². The van der Waals surface area contributed by atoms with Gasteiger partial charge in [0.25, 0.3) is 0 Å². The minimum absolute atomic E-state index is 0.0619. The lowest BCUT2D eigenvalue weighted by Crippen LogP contribution is -2.36. The van der Waals surface area contributed by atoms with Crippen LogP contribution in [0.25, 0.3) is 0 Å². The Bertz CT molecular complexity index is 649. The van der Waals surface area contributed by atoms with Crippen LogP contribution >= 0.6 is 11.6 Å². The molecule has 7 heteroatoms. The number of nitrogens with zero attached hydrogens (tertiary/aromatic N) is 1. The van der Waals surface area contributed by atoms with Gasteiger partial charge in [-0.15, -0.1) is 0 Å². The van der Waals surface area contributed by atoms with Crippen molar-refractivity contribution in [1.29, 1.82) is 0 Å². The number of sulfonamides is 1. The maximum Gasteiger partial charge on any atom is 0.232 e. The molecule has 0 aliphatic carbocycles. The van der Waals surface area contributed by atoms with Crippen LogP contribution in [0, 0.1) is 19.8 Å². The van der Waals surface area contributed by atoms with Gasteiger partial charge in [0.1, 0.15) is 0 Å². The fourth-order valence-electron chi connectivity index (χ4n) is 2.28. The number of aryl methyl sites for hydroxylation is 2. The lowest BCUT2D eigenvalue weighted by atomic mass is 10.1. The summed E-state index contributed by atoms with van der Waals surface area (Å²) in [4.78, 5) is 11.9. The average molecular weight is 361 g/mol. The molecule has 0 unspecified atom stereocenters. The van der Waals surface area contributed by atoms with E-state index in [-0.39, 0.29) is 18.9 Å². The Labute approximate surface area is 144 Å². The van der Waals surface area contributed by atoms with Gasteiger partial charge in [-0.05, 0) is 37.0 Å². The molecule has 0 spiro atoms. The van der Waals surface area contributed by atoms with Crippen LogP contribution in [0.3, 0.4) is 0 Å². The minimum Gasteiger partial charge on any atom is -0.356 e. The number of carbonyl (C=O) groups excluding carboxylic acids is 1. The highest BCUT2D eigenvalue weighted by molar-refractivity contribution is 7.92. The van der Waals surface area contributed by atoms with E-state index in [9.17, 15) is 13.2 Å². The third-order valence-corrected chi connectivity index (χ3v) is 4.75. The van der Waals surface area contributed by atoms with Crippen molar-refractivity contribution in [3.63, 3.8) is 0 Å². The zero-order valence-corrected chi connectivity index (χ0v) is 15.9. The molecule has 0 bridgehead atoms. The van der Waals surface area contributed by atoms with Gasteiger partial charge in [-0.2, -0.15) is 0 Å². The van der Waals surface area contributed by atoms with Crippen molar-refractivity contribution < 1.29 is 13.2 Å². The Balaban J connectivity index is 2.98. The molecule has 1 aromatic rings. The highest BCUT2D eigenvalue weighted by atomic mass is 35.5. The summed E-state index contributed by atoms with van der Waals surface area (Å²) in [6.07, 6.45) is 1.21. The van der Waals surface area contributed by atoms with Crippen molar-refractivity contribution >= 4 is 33.2 Å². The molecule has 5 nitrogen and oxygen atoms in total. The number of carbonyl (C=O) groups is 1. The number of benzene rings is 1. The Morgan fingerprint density at radius 3 is 2.39 bits per heavy atom. The molecule has 0 radical (unpaired) electrons. The fraction of sp³-hybridized carbons (Fsp3) is 0.562. The first-order chi connectivity index (χ1) is 10.5. The smallest absolute Gasteiger partial charge is 0.232 e. The normalized spacial score (nSPS) is 11.6. The average Bonchev–Trinajstić information content (AvgIpc) is 2.37. The van der Waals surface area contributed by atoms with Gasteiger partial charge in [-0.25, -0.2) is 8.42 Å². The SMILES string of the molecule is Cc1cc(C)c(N(CCC(=O)NCC(C)C)S(C)(=O)=O)c(Cl)c1. The second-order valence-electron chi connectivity index (χ2n) is 6.20. The number of amides is 1. The van der Waals surface area contributed by atoms with Crippen molar-refractivity contribution in [2.75, 3.05) is 23.7 Å². The molecule has 130 valence electrons.